The number of benzene rings is 3. The molecular formula is C68H98N10O31S3. The number of rotatable bonds is 36. The Morgan fingerprint density at radius 3 is 1.26 bits per heavy atom. The lowest BCUT2D eigenvalue weighted by atomic mass is 9.87. The van der Waals surface area contributed by atoms with Crippen molar-refractivity contribution in [2.24, 2.45) is 44.9 Å². The molecule has 6 fully saturated rings. The lowest BCUT2D eigenvalue weighted by Crippen LogP contribution is -2.65. The third-order valence-corrected chi connectivity index (χ3v) is 21.9. The minimum absolute atomic E-state index is 0.0161. The molecule has 112 heavy (non-hydrogen) atoms. The summed E-state index contributed by atoms with van der Waals surface area (Å²) in [6.07, 6.45) is -31.2. The number of carbonyl (C=O) groups excluding carboxylic acids is 1. The minimum atomic E-state index is -5.27. The first kappa shape index (κ1) is 89.7. The quantitative estimate of drug-likeness (QED) is 0.0114. The Balaban J connectivity index is 0.883. The van der Waals surface area contributed by atoms with Gasteiger partial charge in [0.25, 0.3) is 0 Å². The number of ether oxygens (including phenoxy) is 14. The first-order chi connectivity index (χ1) is 53.2. The summed E-state index contributed by atoms with van der Waals surface area (Å²) in [5.74, 6) is -4.97. The van der Waals surface area contributed by atoms with Crippen LogP contribution in [0.2, 0.25) is 0 Å². The van der Waals surface area contributed by atoms with Gasteiger partial charge < -0.3 is 91.6 Å². The van der Waals surface area contributed by atoms with E-state index >= 15 is 0 Å². The van der Waals surface area contributed by atoms with Gasteiger partial charge in [-0.25, -0.2) is 17.3 Å². The molecule has 3 aromatic rings. The molecule has 6 saturated heterocycles. The van der Waals surface area contributed by atoms with Crippen LogP contribution in [0.25, 0.3) is 31.3 Å². The van der Waals surface area contributed by atoms with Crippen LogP contribution in [0.4, 0.5) is 4.79 Å². The van der Waals surface area contributed by atoms with Crippen LogP contribution in [-0.2, 0) is 130 Å². The number of carbonyl (C=O) groups is 1. The average molecular weight is 1650 g/mol. The number of nitrogens with zero attached hydrogens (tertiary/aromatic N) is 10. The standard InChI is InChI=1S/C68H98N10O31S3/c1-35-49(72-75-69)62(93-28-20-12-19-27-78(29-43-21-13-9-14-22-43)68(83)95-31-45-25-17-11-18-26-45)102-46(32-96-110(84,85)86)57(35)107-66-54(81)39(5)56(41(7)100-66)105-63-50(73-76-70)36(2)59(48(103-63)34-98-112(90,91)92)108-67-55(82)61(94-30-44-23-15-10-16-24-44)60(42(8)101-67)109-64-51(74-77-71)37(3)58(47(104-64)33-97-111(87,88)89)106-65-53(80)38(4)52(79)40(6)99-65/h9-11,13-18,21-26,35-42,46-67,79-82H,12,19-20,27-34H2,1-8H3,(H,84,85,86)(H,87,88,89)(H,90,91,92)/t35?,36?,37?,38?,39?,40-,41-,42?,46-,47-,48?,49?,50-,51?,52-,53?,54?,55?,56-,57-,58-,59-,60+,61-,62-,63+,64+,65-,66-,67-/m0/s1. The van der Waals surface area contributed by atoms with E-state index in [1.807, 2.05) is 60.7 Å². The van der Waals surface area contributed by atoms with Gasteiger partial charge in [-0.3, -0.25) is 13.7 Å². The Labute approximate surface area is 647 Å². The molecule has 12 unspecified atom stereocenters. The highest BCUT2D eigenvalue weighted by Crippen LogP contribution is 2.43. The number of unbranched alkanes of at least 4 members (excludes halogenated alkanes) is 2. The van der Waals surface area contributed by atoms with Crippen LogP contribution in [-0.4, -0.2) is 257 Å². The zero-order valence-corrected chi connectivity index (χ0v) is 64.8. The van der Waals surface area contributed by atoms with E-state index in [9.17, 15) is 80.7 Å². The topological polar surface area (TPSA) is 568 Å². The second kappa shape index (κ2) is 41.1. The molecule has 6 aliphatic rings. The zero-order valence-electron chi connectivity index (χ0n) is 62.4. The molecule has 6 aliphatic heterocycles. The molecule has 7 N–H and O–H groups in total. The SMILES string of the molecule is CC1O[C@@H](O[C@@H]2C(COS(=O)(=O)O)O[C@H](O[C@H]3C(C)C(O)[C@H](O[C@H]4C(C)C(N=[N+]=[N-])[C@@H](OCCCCCN(Cc5ccccc5)C(=O)OCc5ccccc5)O[C@H]4COS(=O)(=O)O)O[C@H]3C)[C@@H](N=[N+]=[N-])C2C)C(O)[C@H](OCc2ccccc2)[C@@H]1O[C@H]1O[C@@H](COS(=O)(=O)O)[C@@H](O[C@@H]2O[C@@H](C)[C@@H](O)C(C)C2O)C(C)C1N=[N+]=[N-]. The maximum atomic E-state index is 13.4. The van der Waals surface area contributed by atoms with Gasteiger partial charge in [-0.05, 0) is 91.1 Å². The van der Waals surface area contributed by atoms with E-state index in [1.54, 1.807) is 49.1 Å². The number of aliphatic hydroxyl groups is 4. The second-order valence-electron chi connectivity index (χ2n) is 28.4. The van der Waals surface area contributed by atoms with Crippen molar-refractivity contribution in [1.82, 2.24) is 4.90 Å². The van der Waals surface area contributed by atoms with Crippen molar-refractivity contribution in [1.29, 1.82) is 0 Å². The van der Waals surface area contributed by atoms with E-state index in [1.165, 1.54) is 41.5 Å². The smallest absolute Gasteiger partial charge is 0.410 e. The highest BCUT2D eigenvalue weighted by Gasteiger charge is 2.57. The van der Waals surface area contributed by atoms with E-state index in [0.717, 1.165) is 11.1 Å². The summed E-state index contributed by atoms with van der Waals surface area (Å²) in [4.78, 5) is 24.0. The zero-order chi connectivity index (χ0) is 81.4. The van der Waals surface area contributed by atoms with Gasteiger partial charge in [0.15, 0.2) is 37.7 Å². The molecule has 0 bridgehead atoms. The van der Waals surface area contributed by atoms with Crippen LogP contribution >= 0.6 is 0 Å². The van der Waals surface area contributed by atoms with E-state index < -0.39 is 240 Å². The number of hydrogen-bond acceptors (Lipinski definition) is 31. The number of hydrogen-bond donors (Lipinski definition) is 7. The second-order valence-corrected chi connectivity index (χ2v) is 31.7. The van der Waals surface area contributed by atoms with Gasteiger partial charge in [-0.1, -0.05) is 141 Å². The summed E-state index contributed by atoms with van der Waals surface area (Å²) in [6.45, 7) is 9.76. The van der Waals surface area contributed by atoms with Crippen molar-refractivity contribution in [2.75, 3.05) is 33.0 Å². The lowest BCUT2D eigenvalue weighted by molar-refractivity contribution is -0.374. The normalized spacial score (nSPS) is 36.6. The Morgan fingerprint density at radius 1 is 0.420 bits per heavy atom. The molecule has 30 atom stereocenters. The molecule has 3 aromatic carbocycles. The summed E-state index contributed by atoms with van der Waals surface area (Å²) >= 11 is 0. The summed E-state index contributed by atoms with van der Waals surface area (Å²) in [5.41, 5.74) is 32.2. The highest BCUT2D eigenvalue weighted by molar-refractivity contribution is 7.81. The van der Waals surface area contributed by atoms with Gasteiger partial charge in [-0.2, -0.15) is 25.3 Å². The summed E-state index contributed by atoms with van der Waals surface area (Å²) in [7, 11) is -15.6. The van der Waals surface area contributed by atoms with Crippen LogP contribution in [0.3, 0.4) is 0 Å². The van der Waals surface area contributed by atoms with E-state index in [0.29, 0.717) is 31.4 Å². The molecule has 1 amide bonds. The third-order valence-electron chi connectivity index (χ3n) is 20.6. The largest absolute Gasteiger partial charge is 0.445 e. The van der Waals surface area contributed by atoms with Gasteiger partial charge >= 0.3 is 37.3 Å². The Kier molecular flexibility index (Phi) is 32.9. The Bertz CT molecular complexity index is 3980. The molecule has 0 radical (unpaired) electrons. The molecule has 0 saturated carbocycles. The predicted molar refractivity (Wildman–Crippen MR) is 383 cm³/mol. The fourth-order valence-electron chi connectivity index (χ4n) is 14.4. The Hall–Kier alpha value is -6.21. The van der Waals surface area contributed by atoms with Crippen LogP contribution in [0.15, 0.2) is 106 Å². The maximum absolute atomic E-state index is 13.4. The van der Waals surface area contributed by atoms with E-state index in [2.05, 4.69) is 30.1 Å². The summed E-state index contributed by atoms with van der Waals surface area (Å²) < 4.78 is 205. The van der Waals surface area contributed by atoms with Gasteiger partial charge in [0.1, 0.15) is 55.4 Å². The van der Waals surface area contributed by atoms with Crippen molar-refractivity contribution in [3.05, 3.63) is 139 Å². The molecule has 41 nitrogen and oxygen atoms in total. The highest BCUT2D eigenvalue weighted by atomic mass is 32.3. The van der Waals surface area contributed by atoms with Gasteiger partial charge in [-0.15, -0.1) is 0 Å². The van der Waals surface area contributed by atoms with Crippen molar-refractivity contribution in [2.45, 2.75) is 248 Å². The van der Waals surface area contributed by atoms with Crippen molar-refractivity contribution >= 4 is 37.3 Å². The fraction of sp³-hybridized carbons (Fsp3) is 0.721. The van der Waals surface area contributed by atoms with Gasteiger partial charge in [0.2, 0.25) is 0 Å². The van der Waals surface area contributed by atoms with Crippen LogP contribution in [0.1, 0.15) is 91.3 Å². The maximum Gasteiger partial charge on any atom is 0.410 e. The Morgan fingerprint density at radius 2 is 0.804 bits per heavy atom. The van der Waals surface area contributed by atoms with Crippen LogP contribution in [0, 0.1) is 29.6 Å². The van der Waals surface area contributed by atoms with Gasteiger partial charge in [0.05, 0.1) is 93.4 Å². The van der Waals surface area contributed by atoms with Crippen molar-refractivity contribution < 1.29 is 143 Å². The number of aliphatic hydroxyl groups excluding tert-OH is 4. The van der Waals surface area contributed by atoms with E-state index in [4.69, 9.17) is 78.9 Å². The molecule has 0 spiro atoms. The molecule has 0 aliphatic carbocycles. The monoisotopic (exact) mass is 1650 g/mol. The number of azide groups is 3. The number of amides is 1. The average Bonchev–Trinajstić information content (AvgIpc) is 0.788. The van der Waals surface area contributed by atoms with Crippen LogP contribution in [0.5, 0.6) is 0 Å². The van der Waals surface area contributed by atoms with Crippen molar-refractivity contribution in [3.63, 3.8) is 0 Å². The van der Waals surface area contributed by atoms with Crippen LogP contribution < -0.4 is 0 Å². The molecular weight excluding hydrogens is 1550 g/mol. The molecule has 9 rings (SSSR count). The lowest BCUT2D eigenvalue weighted by Gasteiger charge is -2.51. The fourth-order valence-corrected chi connectivity index (χ4v) is 15.4. The third kappa shape index (κ3) is 24.4. The summed E-state index contributed by atoms with van der Waals surface area (Å²) in [6, 6.07) is 23.2. The molecule has 44 heteroatoms. The van der Waals surface area contributed by atoms with Crippen molar-refractivity contribution in [3.8, 4) is 0 Å². The predicted octanol–water partition coefficient (Wildman–Crippen LogP) is 6.05. The van der Waals surface area contributed by atoms with E-state index in [-0.39, 0.29) is 26.4 Å². The minimum Gasteiger partial charge on any atom is -0.445 e. The first-order valence-electron chi connectivity index (χ1n) is 36.3. The molecule has 624 valence electrons. The molecule has 0 aromatic heterocycles. The molecule has 6 heterocycles. The summed E-state index contributed by atoms with van der Waals surface area (Å²) in [5, 5.41) is 58.3. The van der Waals surface area contributed by atoms with Gasteiger partial charge in [0, 0.05) is 46.3 Å². The first-order valence-corrected chi connectivity index (χ1v) is 40.4.